The normalized spacial score (nSPS) is 12.9. The minimum Gasteiger partial charge on any atom is -0.355 e. The fourth-order valence-electron chi connectivity index (χ4n) is 2.01. The lowest BCUT2D eigenvalue weighted by atomic mass is 9.87. The first kappa shape index (κ1) is 17.9. The summed E-state index contributed by atoms with van der Waals surface area (Å²) in [5, 5.41) is 2.69. The molecule has 0 radical (unpaired) electrons. The number of likely N-dealkylation sites (N-methyl/N-ethyl adjacent to an activating group) is 2. The van der Waals surface area contributed by atoms with Crippen molar-refractivity contribution >= 4 is 11.8 Å². The van der Waals surface area contributed by atoms with Crippen molar-refractivity contribution in [3.05, 3.63) is 0 Å². The molecule has 5 nitrogen and oxygen atoms in total. The Bertz CT molecular complexity index is 298. The van der Waals surface area contributed by atoms with E-state index < -0.39 is 0 Å². The Morgan fingerprint density at radius 2 is 1.84 bits per heavy atom. The lowest BCUT2D eigenvalue weighted by Gasteiger charge is -2.26. The minimum atomic E-state index is -0.157. The van der Waals surface area contributed by atoms with Crippen molar-refractivity contribution in [1.82, 2.24) is 10.2 Å². The van der Waals surface area contributed by atoms with Crippen LogP contribution in [0.15, 0.2) is 0 Å². The van der Waals surface area contributed by atoms with Crippen molar-refractivity contribution in [1.29, 1.82) is 0 Å². The molecule has 0 aliphatic rings. The molecule has 0 heterocycles. The second kappa shape index (κ2) is 8.15. The van der Waals surface area contributed by atoms with E-state index in [2.05, 4.69) is 26.1 Å². The number of rotatable bonds is 7. The number of hydrogen-bond acceptors (Lipinski definition) is 3. The van der Waals surface area contributed by atoms with Crippen LogP contribution in [0.1, 0.15) is 47.5 Å². The maximum atomic E-state index is 12.1. The van der Waals surface area contributed by atoms with E-state index in [0.29, 0.717) is 19.5 Å². The van der Waals surface area contributed by atoms with Gasteiger partial charge in [0.1, 0.15) is 0 Å². The summed E-state index contributed by atoms with van der Waals surface area (Å²) in [4.78, 5) is 25.1. The summed E-state index contributed by atoms with van der Waals surface area (Å²) < 4.78 is 0. The number of nitrogens with zero attached hydrogens (tertiary/aromatic N) is 1. The average molecular weight is 271 g/mol. The highest BCUT2D eigenvalue weighted by Gasteiger charge is 2.21. The maximum Gasteiger partial charge on any atom is 0.239 e. The zero-order valence-corrected chi connectivity index (χ0v) is 13.0. The fourth-order valence-corrected chi connectivity index (χ4v) is 2.01. The standard InChI is InChI=1S/C14H29N3O2/c1-6-16-12(18)10-17(7-2)13(19)8-11(15)9-14(3,4)5/h11H,6-10,15H2,1-5H3,(H,16,18). The smallest absolute Gasteiger partial charge is 0.239 e. The Kier molecular flexibility index (Phi) is 7.68. The van der Waals surface area contributed by atoms with Crippen molar-refractivity contribution < 1.29 is 9.59 Å². The molecule has 112 valence electrons. The number of nitrogens with two attached hydrogens (primary N) is 1. The van der Waals surface area contributed by atoms with Gasteiger partial charge in [0.25, 0.3) is 0 Å². The Morgan fingerprint density at radius 3 is 2.26 bits per heavy atom. The molecular weight excluding hydrogens is 242 g/mol. The SMILES string of the molecule is CCNC(=O)CN(CC)C(=O)CC(N)CC(C)(C)C. The molecule has 0 aromatic heterocycles. The van der Waals surface area contributed by atoms with Crippen molar-refractivity contribution in [2.24, 2.45) is 11.1 Å². The van der Waals surface area contributed by atoms with E-state index in [4.69, 9.17) is 5.73 Å². The quantitative estimate of drug-likeness (QED) is 0.728. The molecule has 19 heavy (non-hydrogen) atoms. The van der Waals surface area contributed by atoms with Crippen LogP contribution in [-0.4, -0.2) is 42.4 Å². The van der Waals surface area contributed by atoms with Gasteiger partial charge in [-0.3, -0.25) is 9.59 Å². The maximum absolute atomic E-state index is 12.1. The summed E-state index contributed by atoms with van der Waals surface area (Å²) in [5.41, 5.74) is 6.10. The number of amides is 2. The predicted octanol–water partition coefficient (Wildman–Crippen LogP) is 1.12. The van der Waals surface area contributed by atoms with Crippen molar-refractivity contribution in [2.45, 2.75) is 53.5 Å². The second-order valence-electron chi connectivity index (χ2n) is 6.09. The largest absolute Gasteiger partial charge is 0.355 e. The second-order valence-corrected chi connectivity index (χ2v) is 6.09. The zero-order valence-electron chi connectivity index (χ0n) is 13.0. The molecule has 0 bridgehead atoms. The van der Waals surface area contributed by atoms with E-state index in [-0.39, 0.29) is 29.8 Å². The van der Waals surface area contributed by atoms with Crippen LogP contribution in [0.5, 0.6) is 0 Å². The third kappa shape index (κ3) is 8.59. The van der Waals surface area contributed by atoms with Gasteiger partial charge in [0, 0.05) is 25.6 Å². The molecule has 0 spiro atoms. The van der Waals surface area contributed by atoms with Gasteiger partial charge in [0.15, 0.2) is 0 Å². The first-order valence-electron chi connectivity index (χ1n) is 6.99. The van der Waals surface area contributed by atoms with Crippen LogP contribution in [0.4, 0.5) is 0 Å². The third-order valence-corrected chi connectivity index (χ3v) is 2.75. The van der Waals surface area contributed by atoms with Gasteiger partial charge < -0.3 is 16.0 Å². The van der Waals surface area contributed by atoms with Gasteiger partial charge in [-0.2, -0.15) is 0 Å². The molecule has 3 N–H and O–H groups in total. The molecule has 0 fully saturated rings. The summed E-state index contributed by atoms with van der Waals surface area (Å²) in [7, 11) is 0. The number of carbonyl (C=O) groups is 2. The molecule has 1 unspecified atom stereocenters. The highest BCUT2D eigenvalue weighted by atomic mass is 16.2. The molecule has 0 aliphatic heterocycles. The Morgan fingerprint density at radius 1 is 1.26 bits per heavy atom. The zero-order chi connectivity index (χ0) is 15.1. The lowest BCUT2D eigenvalue weighted by Crippen LogP contribution is -2.43. The van der Waals surface area contributed by atoms with E-state index >= 15 is 0 Å². The van der Waals surface area contributed by atoms with E-state index in [0.717, 1.165) is 6.42 Å². The summed E-state index contributed by atoms with van der Waals surface area (Å²) >= 11 is 0. The van der Waals surface area contributed by atoms with Crippen molar-refractivity contribution in [3.8, 4) is 0 Å². The van der Waals surface area contributed by atoms with Gasteiger partial charge in [-0.1, -0.05) is 20.8 Å². The Hall–Kier alpha value is -1.10. The number of nitrogens with one attached hydrogen (secondary N) is 1. The van der Waals surface area contributed by atoms with Gasteiger partial charge in [-0.15, -0.1) is 0 Å². The highest BCUT2D eigenvalue weighted by Crippen LogP contribution is 2.21. The minimum absolute atomic E-state index is 0.0505. The monoisotopic (exact) mass is 271 g/mol. The lowest BCUT2D eigenvalue weighted by molar-refractivity contribution is -0.136. The molecule has 1 atom stereocenters. The summed E-state index contributed by atoms with van der Waals surface area (Å²) in [6, 6.07) is -0.157. The molecule has 0 aromatic carbocycles. The van der Waals surface area contributed by atoms with Crippen LogP contribution in [0.2, 0.25) is 0 Å². The van der Waals surface area contributed by atoms with Gasteiger partial charge >= 0.3 is 0 Å². The van der Waals surface area contributed by atoms with Gasteiger partial charge in [-0.05, 0) is 25.7 Å². The molecule has 0 aromatic rings. The van der Waals surface area contributed by atoms with Crippen LogP contribution in [0, 0.1) is 5.41 Å². The van der Waals surface area contributed by atoms with Crippen LogP contribution >= 0.6 is 0 Å². The molecular formula is C14H29N3O2. The Balaban J connectivity index is 4.32. The van der Waals surface area contributed by atoms with E-state index in [1.165, 1.54) is 0 Å². The Labute approximate surface area is 116 Å². The molecule has 5 heteroatoms. The predicted molar refractivity (Wildman–Crippen MR) is 77.6 cm³/mol. The molecule has 0 saturated carbocycles. The van der Waals surface area contributed by atoms with Crippen molar-refractivity contribution in [2.75, 3.05) is 19.6 Å². The summed E-state index contributed by atoms with van der Waals surface area (Å²) in [6.45, 7) is 11.2. The number of hydrogen-bond donors (Lipinski definition) is 2. The highest BCUT2D eigenvalue weighted by molar-refractivity contribution is 5.84. The molecule has 2 amide bonds. The van der Waals surface area contributed by atoms with Crippen molar-refractivity contribution in [3.63, 3.8) is 0 Å². The van der Waals surface area contributed by atoms with Crippen LogP contribution in [0.25, 0.3) is 0 Å². The van der Waals surface area contributed by atoms with E-state index in [1.807, 2.05) is 13.8 Å². The fraction of sp³-hybridized carbons (Fsp3) is 0.857. The molecule has 0 saturated heterocycles. The first-order valence-corrected chi connectivity index (χ1v) is 6.99. The van der Waals surface area contributed by atoms with Gasteiger partial charge in [0.05, 0.1) is 6.54 Å². The van der Waals surface area contributed by atoms with Crippen LogP contribution in [-0.2, 0) is 9.59 Å². The number of carbonyl (C=O) groups excluding carboxylic acids is 2. The van der Waals surface area contributed by atoms with Gasteiger partial charge in [-0.25, -0.2) is 0 Å². The topological polar surface area (TPSA) is 75.4 Å². The molecule has 0 aliphatic carbocycles. The summed E-state index contributed by atoms with van der Waals surface area (Å²) in [5.74, 6) is -0.174. The van der Waals surface area contributed by atoms with Crippen LogP contribution < -0.4 is 11.1 Å². The molecule has 0 rings (SSSR count). The third-order valence-electron chi connectivity index (χ3n) is 2.75. The first-order chi connectivity index (χ1) is 8.69. The van der Waals surface area contributed by atoms with Gasteiger partial charge in [0.2, 0.25) is 11.8 Å². The van der Waals surface area contributed by atoms with E-state index in [1.54, 1.807) is 4.90 Å². The van der Waals surface area contributed by atoms with E-state index in [9.17, 15) is 9.59 Å². The summed E-state index contributed by atoms with van der Waals surface area (Å²) in [6.07, 6.45) is 1.09. The van der Waals surface area contributed by atoms with Crippen LogP contribution in [0.3, 0.4) is 0 Å². The average Bonchev–Trinajstić information content (AvgIpc) is 2.23.